The summed E-state index contributed by atoms with van der Waals surface area (Å²) in [7, 11) is 6.46. The molecule has 2 saturated carbocycles. The lowest BCUT2D eigenvalue weighted by Gasteiger charge is -2.65. The van der Waals surface area contributed by atoms with Gasteiger partial charge >= 0.3 is 23.9 Å². The van der Waals surface area contributed by atoms with Crippen molar-refractivity contribution in [2.45, 2.75) is 132 Å². The van der Waals surface area contributed by atoms with Gasteiger partial charge in [-0.2, -0.15) is 0 Å². The summed E-state index contributed by atoms with van der Waals surface area (Å²) in [5.41, 5.74) is -1.68. The minimum Gasteiger partial charge on any atom is -0.467 e. The molecule has 0 radical (unpaired) electrons. The van der Waals surface area contributed by atoms with E-state index in [1.54, 1.807) is 0 Å². The highest BCUT2D eigenvalue weighted by Gasteiger charge is 2.83. The maximum Gasteiger partial charge on any atom is 0.344 e. The summed E-state index contributed by atoms with van der Waals surface area (Å²) in [6.07, 6.45) is 2.58. The van der Waals surface area contributed by atoms with E-state index in [1.165, 1.54) is 39.2 Å². The average Bonchev–Trinajstić information content (AvgIpc) is 3.99. The van der Waals surface area contributed by atoms with Gasteiger partial charge in [-0.3, -0.25) is 19.4 Å². The lowest BCUT2D eigenvalue weighted by atomic mass is 9.46. The fraction of sp³-hybridized carbons (Fsp3) is 0.667. The first-order valence-corrected chi connectivity index (χ1v) is 25.2. The zero-order valence-corrected chi connectivity index (χ0v) is 42.3. The van der Waals surface area contributed by atoms with Crippen molar-refractivity contribution in [2.75, 3.05) is 64.3 Å². The Morgan fingerprint density at radius 1 is 0.641 bits per heavy atom. The van der Waals surface area contributed by atoms with E-state index in [4.69, 9.17) is 18.9 Å². The topological polar surface area (TPSA) is 159 Å². The van der Waals surface area contributed by atoms with E-state index in [-0.39, 0.29) is 12.1 Å². The smallest absolute Gasteiger partial charge is 0.344 e. The molecular formula is C48H62I2N4O10. The standard InChI is InChI=1S/2C24H31IN2O5/c2*1-5-22-12-15(25)13-27-11-10-23(18(22)27)16-8-6-7-9-17(16)26(3)19(23)24(30,21(29)31-4)20(22)32-14(2)28/h2*6-9,15,18-20,30H,5,10-13H2,1-4H3/t2*15-,18+,19-,20-,22-,23-,24+/m11/s1. The maximum absolute atomic E-state index is 13.5. The zero-order valence-electron chi connectivity index (χ0n) is 38.0. The van der Waals surface area contributed by atoms with E-state index in [0.29, 0.717) is 20.7 Å². The molecule has 8 aliphatic rings. The second-order valence-electron chi connectivity index (χ2n) is 19.8. The van der Waals surface area contributed by atoms with Crippen LogP contribution in [-0.2, 0) is 49.0 Å². The van der Waals surface area contributed by atoms with Crippen LogP contribution in [-0.4, -0.2) is 154 Å². The number of alkyl halides is 2. The number of aliphatic hydroxyl groups is 2. The molecule has 2 spiro atoms. The van der Waals surface area contributed by atoms with E-state index in [2.05, 4.69) is 93.1 Å². The predicted molar refractivity (Wildman–Crippen MR) is 256 cm³/mol. The number of rotatable bonds is 6. The van der Waals surface area contributed by atoms with Crippen molar-refractivity contribution in [3.8, 4) is 0 Å². The fourth-order valence-electron chi connectivity index (χ4n) is 16.0. The molecule has 0 unspecified atom stereocenters. The van der Waals surface area contributed by atoms with Gasteiger partial charge in [-0.1, -0.05) is 95.4 Å². The van der Waals surface area contributed by atoms with Crippen LogP contribution in [0.5, 0.6) is 0 Å². The molecule has 0 aromatic heterocycles. The molecule has 348 valence electrons. The van der Waals surface area contributed by atoms with Crippen molar-refractivity contribution < 1.29 is 48.3 Å². The Hall–Kier alpha value is -2.78. The summed E-state index contributed by atoms with van der Waals surface area (Å²) in [4.78, 5) is 60.9. The Morgan fingerprint density at radius 2 is 1.00 bits per heavy atom. The highest BCUT2D eigenvalue weighted by molar-refractivity contribution is 14.1. The van der Waals surface area contributed by atoms with Crippen LogP contribution >= 0.6 is 45.2 Å². The van der Waals surface area contributed by atoms with Gasteiger partial charge < -0.3 is 39.0 Å². The third-order valence-corrected chi connectivity index (χ3v) is 19.1. The van der Waals surface area contributed by atoms with Crippen molar-refractivity contribution in [1.82, 2.24) is 9.80 Å². The first-order chi connectivity index (χ1) is 30.4. The normalized spacial score (nSPS) is 42.1. The number of fused-ring (bicyclic) bond motifs is 2. The van der Waals surface area contributed by atoms with Crippen molar-refractivity contribution in [1.29, 1.82) is 0 Å². The van der Waals surface area contributed by atoms with Crippen LogP contribution in [0, 0.1) is 10.8 Å². The molecule has 2 aromatic rings. The zero-order chi connectivity index (χ0) is 46.1. The molecule has 6 heterocycles. The number of ether oxygens (including phenoxy) is 4. The molecule has 14 atom stereocenters. The van der Waals surface area contributed by atoms with E-state index < -0.39 is 81.0 Å². The molecule has 4 saturated heterocycles. The van der Waals surface area contributed by atoms with Crippen LogP contribution in [0.3, 0.4) is 0 Å². The quantitative estimate of drug-likeness (QED) is 0.180. The van der Waals surface area contributed by atoms with Gasteiger partial charge in [0.2, 0.25) is 11.2 Å². The maximum atomic E-state index is 13.5. The number of anilines is 2. The highest BCUT2D eigenvalue weighted by Crippen LogP contribution is 2.70. The number of methoxy groups -OCH3 is 2. The van der Waals surface area contributed by atoms with Crippen LogP contribution in [0.1, 0.15) is 77.3 Å². The number of piperidine rings is 2. The van der Waals surface area contributed by atoms with Gasteiger partial charge in [0.25, 0.3) is 0 Å². The van der Waals surface area contributed by atoms with E-state index in [0.717, 1.165) is 63.2 Å². The first-order valence-electron chi connectivity index (χ1n) is 22.7. The van der Waals surface area contributed by atoms with E-state index in [9.17, 15) is 29.4 Å². The molecule has 0 bridgehead atoms. The molecular weight excluding hydrogens is 1050 g/mol. The van der Waals surface area contributed by atoms with Crippen LogP contribution in [0.25, 0.3) is 0 Å². The Labute approximate surface area is 403 Å². The van der Waals surface area contributed by atoms with Crippen LogP contribution in [0.4, 0.5) is 11.4 Å². The summed E-state index contributed by atoms with van der Waals surface area (Å²) in [5.74, 6) is -2.44. The number of likely N-dealkylation sites (N-methyl/N-ethyl adjacent to an activating group) is 2. The van der Waals surface area contributed by atoms with Gasteiger partial charge in [0.05, 0.1) is 26.3 Å². The minimum absolute atomic E-state index is 0.0522. The molecule has 64 heavy (non-hydrogen) atoms. The predicted octanol–water partition coefficient (Wildman–Crippen LogP) is 4.54. The Balaban J connectivity index is 0.000000162. The average molecular weight is 1110 g/mol. The van der Waals surface area contributed by atoms with Crippen LogP contribution in [0.2, 0.25) is 0 Å². The number of benzene rings is 2. The molecule has 16 heteroatoms. The number of hydrogen-bond donors (Lipinski definition) is 2. The lowest BCUT2D eigenvalue weighted by molar-refractivity contribution is -0.242. The van der Waals surface area contributed by atoms with E-state index >= 15 is 0 Å². The lowest BCUT2D eigenvalue weighted by Crippen LogP contribution is -2.82. The molecule has 6 fully saturated rings. The number of carbonyl (C=O) groups excluding carboxylic acids is 4. The van der Waals surface area contributed by atoms with Crippen molar-refractivity contribution in [3.05, 3.63) is 59.7 Å². The molecule has 10 rings (SSSR count). The first kappa shape index (κ1) is 46.3. The molecule has 0 amide bonds. The van der Waals surface area contributed by atoms with Gasteiger partial charge in [-0.25, -0.2) is 9.59 Å². The number of carbonyl (C=O) groups is 4. The summed E-state index contributed by atoms with van der Waals surface area (Å²) in [5, 5.41) is 25.0. The van der Waals surface area contributed by atoms with Crippen molar-refractivity contribution in [3.63, 3.8) is 0 Å². The SMILES string of the molecule is CC[C@]12C[C@@H](I)CN3CC[C@@]4(c5ccccc5N(C)[C@H]4[C@@](O)(C(=O)OC)[C@@H]1OC(C)=O)[C@@H]32.CC[C@]12C[C@@H](I)CN3CC[C@@]4(c5ccccc5N(C)[C@H]4[C@@](O)(C(=O)OC)[C@@H]1OC(C)=O)[C@@H]32. The second kappa shape index (κ2) is 15.9. The van der Waals surface area contributed by atoms with Gasteiger partial charge in [0.15, 0.2) is 12.2 Å². The number of para-hydroxylation sites is 2. The summed E-state index contributed by atoms with van der Waals surface area (Å²) < 4.78 is 23.1. The van der Waals surface area contributed by atoms with Crippen LogP contribution in [0.15, 0.2) is 48.5 Å². The van der Waals surface area contributed by atoms with Gasteiger partial charge in [0, 0.05) is 94.0 Å². The Bertz CT molecular complexity index is 2100. The fourth-order valence-corrected chi connectivity index (χ4v) is 18.7. The second-order valence-corrected chi connectivity index (χ2v) is 23.3. The van der Waals surface area contributed by atoms with E-state index in [1.807, 2.05) is 48.2 Å². The number of esters is 4. The Morgan fingerprint density at radius 3 is 1.33 bits per heavy atom. The molecule has 2 aromatic carbocycles. The summed E-state index contributed by atoms with van der Waals surface area (Å²) in [6.45, 7) is 10.6. The van der Waals surface area contributed by atoms with Gasteiger partial charge in [-0.15, -0.1) is 0 Å². The molecule has 6 aliphatic heterocycles. The monoisotopic (exact) mass is 1110 g/mol. The Kier molecular flexibility index (Phi) is 11.5. The number of nitrogens with zero attached hydrogens (tertiary/aromatic N) is 4. The third kappa shape index (κ3) is 5.73. The number of hydrogen-bond acceptors (Lipinski definition) is 14. The number of halogens is 2. The molecule has 2 aliphatic carbocycles. The summed E-state index contributed by atoms with van der Waals surface area (Å²) in [6, 6.07) is 15.4. The highest BCUT2D eigenvalue weighted by atomic mass is 127. The third-order valence-electron chi connectivity index (χ3n) is 17.4. The van der Waals surface area contributed by atoms with Crippen LogP contribution < -0.4 is 9.80 Å². The minimum atomic E-state index is -2.00. The van der Waals surface area contributed by atoms with Crippen molar-refractivity contribution >= 4 is 80.4 Å². The molecule has 2 N–H and O–H groups in total. The van der Waals surface area contributed by atoms with Crippen molar-refractivity contribution in [2.24, 2.45) is 10.8 Å². The summed E-state index contributed by atoms with van der Waals surface area (Å²) >= 11 is 4.94. The molecule has 14 nitrogen and oxygen atoms in total. The largest absolute Gasteiger partial charge is 0.467 e. The van der Waals surface area contributed by atoms with Gasteiger partial charge in [-0.05, 0) is 74.9 Å². The van der Waals surface area contributed by atoms with Gasteiger partial charge in [0.1, 0.15) is 0 Å².